The zero-order chi connectivity index (χ0) is 9.84. The Labute approximate surface area is 82.0 Å². The average molecular weight is 176 g/mol. The summed E-state index contributed by atoms with van der Waals surface area (Å²) >= 11 is 0. The van der Waals surface area contributed by atoms with Crippen LogP contribution in [0.2, 0.25) is 0 Å². The van der Waals surface area contributed by atoms with E-state index in [-0.39, 0.29) is 0 Å². The fourth-order valence-electron chi connectivity index (χ4n) is 1.53. The van der Waals surface area contributed by atoms with E-state index in [1.165, 1.54) is 29.5 Å². The summed E-state index contributed by atoms with van der Waals surface area (Å²) < 4.78 is 0. The maximum atomic E-state index is 2.28. The van der Waals surface area contributed by atoms with Crippen LogP contribution in [0.1, 0.15) is 37.0 Å². The maximum Gasteiger partial charge on any atom is -0.0274 e. The standard InChI is InChI=1S/C13H20/c1-10(2)8-9-13-7-5-6-11(3)12(13)4/h5-7,10H,8-9H2,1-4H3. The van der Waals surface area contributed by atoms with Crippen LogP contribution in [0, 0.1) is 19.8 Å². The molecule has 0 heterocycles. The van der Waals surface area contributed by atoms with Crippen LogP contribution in [0.25, 0.3) is 0 Å². The van der Waals surface area contributed by atoms with E-state index in [2.05, 4.69) is 45.9 Å². The Morgan fingerprint density at radius 3 is 2.46 bits per heavy atom. The first-order valence-electron chi connectivity index (χ1n) is 5.16. The first-order valence-corrected chi connectivity index (χ1v) is 5.16. The third-order valence-electron chi connectivity index (χ3n) is 2.71. The summed E-state index contributed by atoms with van der Waals surface area (Å²) in [7, 11) is 0. The van der Waals surface area contributed by atoms with Gasteiger partial charge in [0.05, 0.1) is 0 Å². The fourth-order valence-corrected chi connectivity index (χ4v) is 1.53. The summed E-state index contributed by atoms with van der Waals surface area (Å²) in [4.78, 5) is 0. The van der Waals surface area contributed by atoms with E-state index in [4.69, 9.17) is 0 Å². The average Bonchev–Trinajstić information content (AvgIpc) is 2.07. The second kappa shape index (κ2) is 4.45. The monoisotopic (exact) mass is 176 g/mol. The van der Waals surface area contributed by atoms with Crippen molar-refractivity contribution in [2.45, 2.75) is 40.5 Å². The Hall–Kier alpha value is -0.780. The molecule has 1 aromatic rings. The number of aryl methyl sites for hydroxylation is 2. The number of benzene rings is 1. The van der Waals surface area contributed by atoms with Crippen LogP contribution in [-0.4, -0.2) is 0 Å². The molecule has 72 valence electrons. The van der Waals surface area contributed by atoms with Crippen molar-refractivity contribution in [3.05, 3.63) is 34.9 Å². The first kappa shape index (κ1) is 10.3. The van der Waals surface area contributed by atoms with Crippen molar-refractivity contribution in [3.8, 4) is 0 Å². The molecule has 0 aliphatic carbocycles. The van der Waals surface area contributed by atoms with Gasteiger partial charge >= 0.3 is 0 Å². The van der Waals surface area contributed by atoms with Gasteiger partial charge in [0.25, 0.3) is 0 Å². The Morgan fingerprint density at radius 1 is 1.15 bits per heavy atom. The predicted octanol–water partition coefficient (Wildman–Crippen LogP) is 3.89. The number of hydrogen-bond donors (Lipinski definition) is 0. The highest BCUT2D eigenvalue weighted by Crippen LogP contribution is 2.16. The molecule has 0 aliphatic rings. The molecule has 13 heavy (non-hydrogen) atoms. The smallest absolute Gasteiger partial charge is 0.0274 e. The second-order valence-corrected chi connectivity index (χ2v) is 4.29. The van der Waals surface area contributed by atoms with Gasteiger partial charge in [0.2, 0.25) is 0 Å². The lowest BCUT2D eigenvalue weighted by Crippen LogP contribution is -1.95. The summed E-state index contributed by atoms with van der Waals surface area (Å²) in [6.07, 6.45) is 2.52. The highest BCUT2D eigenvalue weighted by atomic mass is 14.1. The van der Waals surface area contributed by atoms with Crippen LogP contribution < -0.4 is 0 Å². The van der Waals surface area contributed by atoms with Gasteiger partial charge in [-0.25, -0.2) is 0 Å². The SMILES string of the molecule is Cc1cccc(CCC(C)C)c1C. The van der Waals surface area contributed by atoms with Crippen molar-refractivity contribution in [1.82, 2.24) is 0 Å². The van der Waals surface area contributed by atoms with Crippen LogP contribution in [0.15, 0.2) is 18.2 Å². The Kier molecular flexibility index (Phi) is 3.53. The lowest BCUT2D eigenvalue weighted by Gasteiger charge is -2.09. The molecule has 1 rings (SSSR count). The Bertz CT molecular complexity index is 271. The largest absolute Gasteiger partial charge is 0.0628 e. The molecule has 0 unspecified atom stereocenters. The summed E-state index contributed by atoms with van der Waals surface area (Å²) in [5.74, 6) is 0.805. The first-order chi connectivity index (χ1) is 6.11. The summed E-state index contributed by atoms with van der Waals surface area (Å²) in [5.41, 5.74) is 4.41. The molecule has 0 N–H and O–H groups in total. The molecule has 0 amide bonds. The molecule has 0 fully saturated rings. The van der Waals surface area contributed by atoms with Crippen molar-refractivity contribution in [1.29, 1.82) is 0 Å². The number of rotatable bonds is 3. The van der Waals surface area contributed by atoms with Gasteiger partial charge in [0, 0.05) is 0 Å². The summed E-state index contributed by atoms with van der Waals surface area (Å²) in [5, 5.41) is 0. The third-order valence-corrected chi connectivity index (χ3v) is 2.71. The van der Waals surface area contributed by atoms with Crippen LogP contribution in [-0.2, 0) is 6.42 Å². The van der Waals surface area contributed by atoms with Crippen LogP contribution >= 0.6 is 0 Å². The predicted molar refractivity (Wildman–Crippen MR) is 59.1 cm³/mol. The van der Waals surface area contributed by atoms with E-state index in [1.807, 2.05) is 0 Å². The normalized spacial score (nSPS) is 10.8. The van der Waals surface area contributed by atoms with E-state index in [0.717, 1.165) is 5.92 Å². The molecular formula is C13H20. The Morgan fingerprint density at radius 2 is 1.85 bits per heavy atom. The van der Waals surface area contributed by atoms with Gasteiger partial charge in [-0.15, -0.1) is 0 Å². The highest BCUT2D eigenvalue weighted by molar-refractivity contribution is 5.33. The minimum Gasteiger partial charge on any atom is -0.0628 e. The molecule has 0 saturated heterocycles. The lowest BCUT2D eigenvalue weighted by molar-refractivity contribution is 0.585. The van der Waals surface area contributed by atoms with Crippen LogP contribution in [0.5, 0.6) is 0 Å². The third kappa shape index (κ3) is 2.87. The van der Waals surface area contributed by atoms with Crippen molar-refractivity contribution in [2.24, 2.45) is 5.92 Å². The maximum absolute atomic E-state index is 2.28. The number of hydrogen-bond acceptors (Lipinski definition) is 0. The van der Waals surface area contributed by atoms with E-state index >= 15 is 0 Å². The van der Waals surface area contributed by atoms with E-state index < -0.39 is 0 Å². The summed E-state index contributed by atoms with van der Waals surface area (Å²) in [6.45, 7) is 8.98. The highest BCUT2D eigenvalue weighted by Gasteiger charge is 2.01. The zero-order valence-corrected chi connectivity index (χ0v) is 9.22. The molecule has 0 heteroatoms. The molecule has 0 atom stereocenters. The molecule has 1 aromatic carbocycles. The van der Waals surface area contributed by atoms with E-state index in [1.54, 1.807) is 0 Å². The molecule has 0 saturated carbocycles. The van der Waals surface area contributed by atoms with Gasteiger partial charge in [-0.05, 0) is 49.3 Å². The van der Waals surface area contributed by atoms with Gasteiger partial charge in [-0.1, -0.05) is 32.0 Å². The Balaban J connectivity index is 2.71. The second-order valence-electron chi connectivity index (χ2n) is 4.29. The van der Waals surface area contributed by atoms with Crippen molar-refractivity contribution in [3.63, 3.8) is 0 Å². The van der Waals surface area contributed by atoms with Crippen molar-refractivity contribution >= 4 is 0 Å². The zero-order valence-electron chi connectivity index (χ0n) is 9.22. The van der Waals surface area contributed by atoms with Gasteiger partial charge in [0.15, 0.2) is 0 Å². The quantitative estimate of drug-likeness (QED) is 0.655. The van der Waals surface area contributed by atoms with Gasteiger partial charge in [-0.2, -0.15) is 0 Å². The van der Waals surface area contributed by atoms with Crippen LogP contribution in [0.4, 0.5) is 0 Å². The van der Waals surface area contributed by atoms with Crippen molar-refractivity contribution < 1.29 is 0 Å². The van der Waals surface area contributed by atoms with Gasteiger partial charge in [-0.3, -0.25) is 0 Å². The molecule has 0 radical (unpaired) electrons. The van der Waals surface area contributed by atoms with Crippen LogP contribution in [0.3, 0.4) is 0 Å². The summed E-state index contributed by atoms with van der Waals surface area (Å²) in [6, 6.07) is 6.61. The van der Waals surface area contributed by atoms with Gasteiger partial charge < -0.3 is 0 Å². The van der Waals surface area contributed by atoms with Crippen molar-refractivity contribution in [2.75, 3.05) is 0 Å². The fraction of sp³-hybridized carbons (Fsp3) is 0.538. The lowest BCUT2D eigenvalue weighted by atomic mass is 9.96. The minimum atomic E-state index is 0.805. The van der Waals surface area contributed by atoms with Gasteiger partial charge in [0.1, 0.15) is 0 Å². The van der Waals surface area contributed by atoms with E-state index in [9.17, 15) is 0 Å². The minimum absolute atomic E-state index is 0.805. The molecule has 0 bridgehead atoms. The van der Waals surface area contributed by atoms with E-state index in [0.29, 0.717) is 0 Å². The molecular weight excluding hydrogens is 156 g/mol. The molecule has 0 aliphatic heterocycles. The topological polar surface area (TPSA) is 0 Å². The molecule has 0 aromatic heterocycles. The molecule has 0 spiro atoms. The molecule has 0 nitrogen and oxygen atoms in total.